The monoisotopic (exact) mass is 257 g/mol. The molecule has 0 bridgehead atoms. The largest absolute Gasteiger partial charge is 0.240 e. The van der Waals surface area contributed by atoms with E-state index in [0.717, 1.165) is 10.4 Å². The number of halogens is 1. The Balaban J connectivity index is 2.26. The highest BCUT2D eigenvalue weighted by molar-refractivity contribution is 7.21. The predicted octanol–water partition coefficient (Wildman–Crippen LogP) is 5.50. The Labute approximate surface area is 109 Å². The highest BCUT2D eigenvalue weighted by atomic mass is 35.5. The zero-order valence-electron chi connectivity index (χ0n) is 9.06. The van der Waals surface area contributed by atoms with Gasteiger partial charge in [0.1, 0.15) is 0 Å². The molecule has 2 aromatic carbocycles. The van der Waals surface area contributed by atoms with Gasteiger partial charge in [-0.25, -0.2) is 0 Å². The molecule has 2 heteroatoms. The predicted molar refractivity (Wildman–Crippen MR) is 76.7 cm³/mol. The summed E-state index contributed by atoms with van der Waals surface area (Å²) in [5.41, 5.74) is 1.21. The van der Waals surface area contributed by atoms with Crippen molar-refractivity contribution >= 4 is 33.0 Å². The number of hydrogen-bond acceptors (Lipinski definition) is 0. The molecule has 0 aliphatic rings. The highest BCUT2D eigenvalue weighted by Gasteiger charge is 2.15. The van der Waals surface area contributed by atoms with Crippen LogP contribution >= 0.6 is 22.9 Å². The topological polar surface area (TPSA) is 0 Å². The molecule has 0 aliphatic carbocycles. The molecule has 0 spiro atoms. The van der Waals surface area contributed by atoms with Crippen LogP contribution in [-0.2, 0) is 0 Å². The summed E-state index contributed by atoms with van der Waals surface area (Å²) in [5.74, 6) is 0. The van der Waals surface area contributed by atoms with Crippen molar-refractivity contribution in [3.63, 3.8) is 0 Å². The molecular formula is C15H10ClS+. The van der Waals surface area contributed by atoms with Gasteiger partial charge in [-0.1, -0.05) is 41.9 Å². The first-order chi connectivity index (χ1) is 8.34. The van der Waals surface area contributed by atoms with Crippen molar-refractivity contribution in [1.82, 2.24) is 0 Å². The molecule has 0 saturated carbocycles. The van der Waals surface area contributed by atoms with Gasteiger partial charge in [-0.15, -0.1) is 0 Å². The second-order valence-electron chi connectivity index (χ2n) is 3.82. The molecule has 0 nitrogen and oxygen atoms in total. The molecule has 0 saturated heterocycles. The molecule has 0 aliphatic heterocycles. The van der Waals surface area contributed by atoms with E-state index < -0.39 is 0 Å². The maximum atomic E-state index is 6.32. The third-order valence-electron chi connectivity index (χ3n) is 2.68. The molecule has 0 radical (unpaired) electrons. The molecule has 0 fully saturated rings. The van der Waals surface area contributed by atoms with Crippen molar-refractivity contribution in [3.8, 4) is 10.4 Å². The summed E-state index contributed by atoms with van der Waals surface area (Å²) in [4.78, 5) is 1.20. The minimum atomic E-state index is 0.818. The Bertz CT molecular complexity index is 662. The molecule has 17 heavy (non-hydrogen) atoms. The molecule has 3 rings (SSSR count). The number of rotatable bonds is 1. The van der Waals surface area contributed by atoms with Gasteiger partial charge in [-0.05, 0) is 18.2 Å². The van der Waals surface area contributed by atoms with Crippen molar-refractivity contribution in [1.29, 1.82) is 0 Å². The van der Waals surface area contributed by atoms with Crippen molar-refractivity contribution in [2.24, 2.45) is 0 Å². The lowest BCUT2D eigenvalue weighted by molar-refractivity contribution is 1.69. The van der Waals surface area contributed by atoms with E-state index in [1.165, 1.54) is 15.1 Å². The molecule has 0 atom stereocenters. The second kappa shape index (κ2) is 4.44. The van der Waals surface area contributed by atoms with Crippen LogP contribution in [0.1, 0.15) is 0 Å². The Hall–Kier alpha value is -1.44. The fourth-order valence-corrected chi connectivity index (χ4v) is 3.34. The number of benzene rings is 2. The molecule has 3 aromatic rings. The van der Waals surface area contributed by atoms with E-state index >= 15 is 0 Å². The number of hydrogen-bond donors (Lipinski definition) is 0. The third-order valence-corrected chi connectivity index (χ3v) is 4.14. The van der Waals surface area contributed by atoms with Crippen molar-refractivity contribution in [2.75, 3.05) is 0 Å². The Morgan fingerprint density at radius 3 is 2.35 bits per heavy atom. The first-order valence-corrected chi connectivity index (χ1v) is 6.61. The van der Waals surface area contributed by atoms with Gasteiger partial charge in [-0.3, -0.25) is 0 Å². The van der Waals surface area contributed by atoms with Gasteiger partial charge < -0.3 is 0 Å². The molecule has 0 amide bonds. The van der Waals surface area contributed by atoms with Crippen LogP contribution in [0.5, 0.6) is 0 Å². The summed E-state index contributed by atoms with van der Waals surface area (Å²) < 4.78 is 1.22. The van der Waals surface area contributed by atoms with Gasteiger partial charge in [0, 0.05) is 17.7 Å². The summed E-state index contributed by atoms with van der Waals surface area (Å²) in [5, 5.41) is 1.94. The Morgan fingerprint density at radius 1 is 0.824 bits per heavy atom. The number of fused-ring (bicyclic) bond motifs is 1. The van der Waals surface area contributed by atoms with E-state index in [1.807, 2.05) is 36.4 Å². The SMILES string of the molecule is Clc1cc(-c2ccccc2)[s+]c2ccccc12. The molecule has 0 unspecified atom stereocenters. The van der Waals surface area contributed by atoms with E-state index in [4.69, 9.17) is 11.6 Å². The van der Waals surface area contributed by atoms with Crippen LogP contribution in [0.25, 0.3) is 20.5 Å². The molecule has 0 N–H and O–H groups in total. The second-order valence-corrected chi connectivity index (χ2v) is 5.31. The highest BCUT2D eigenvalue weighted by Crippen LogP contribution is 2.34. The maximum Gasteiger partial charge on any atom is 0.240 e. The van der Waals surface area contributed by atoms with E-state index in [9.17, 15) is 0 Å². The van der Waals surface area contributed by atoms with Gasteiger partial charge in [-0.2, -0.15) is 0 Å². The van der Waals surface area contributed by atoms with Crippen molar-refractivity contribution < 1.29 is 0 Å². The third kappa shape index (κ3) is 2.04. The normalized spacial score (nSPS) is 10.6. The maximum absolute atomic E-state index is 6.32. The zero-order chi connectivity index (χ0) is 11.7. The fourth-order valence-electron chi connectivity index (χ4n) is 1.84. The van der Waals surface area contributed by atoms with Gasteiger partial charge >= 0.3 is 0 Å². The van der Waals surface area contributed by atoms with Crippen LogP contribution in [0.3, 0.4) is 0 Å². The molecule has 82 valence electrons. The average molecular weight is 258 g/mol. The van der Waals surface area contributed by atoms with E-state index in [2.05, 4.69) is 24.3 Å². The molecular weight excluding hydrogens is 248 g/mol. The van der Waals surface area contributed by atoms with E-state index in [0.29, 0.717) is 0 Å². The van der Waals surface area contributed by atoms with Gasteiger partial charge in [0.15, 0.2) is 0 Å². The summed E-state index contributed by atoms with van der Waals surface area (Å²) in [6, 6.07) is 20.6. The zero-order valence-corrected chi connectivity index (χ0v) is 10.6. The molecule has 1 aromatic heterocycles. The van der Waals surface area contributed by atoms with Crippen LogP contribution in [0.4, 0.5) is 0 Å². The Morgan fingerprint density at radius 2 is 1.53 bits per heavy atom. The summed E-state index contributed by atoms with van der Waals surface area (Å²) in [7, 11) is 0. The van der Waals surface area contributed by atoms with Crippen LogP contribution in [0.2, 0.25) is 5.02 Å². The lowest BCUT2D eigenvalue weighted by atomic mass is 10.2. The summed E-state index contributed by atoms with van der Waals surface area (Å²) in [6.45, 7) is 0. The van der Waals surface area contributed by atoms with Crippen LogP contribution in [-0.4, -0.2) is 0 Å². The average Bonchev–Trinajstić information content (AvgIpc) is 2.40. The minimum absolute atomic E-state index is 0.818. The van der Waals surface area contributed by atoms with Crippen molar-refractivity contribution in [3.05, 3.63) is 65.7 Å². The summed E-state index contributed by atoms with van der Waals surface area (Å²) >= 11 is 8.09. The van der Waals surface area contributed by atoms with E-state index in [1.54, 1.807) is 11.3 Å². The quantitative estimate of drug-likeness (QED) is 0.505. The minimum Gasteiger partial charge on any atom is -0.0832 e. The van der Waals surface area contributed by atoms with Crippen LogP contribution in [0.15, 0.2) is 60.7 Å². The fraction of sp³-hybridized carbons (Fsp3) is 0. The van der Waals surface area contributed by atoms with Gasteiger partial charge in [0.25, 0.3) is 0 Å². The Kier molecular flexibility index (Phi) is 2.79. The van der Waals surface area contributed by atoms with Gasteiger partial charge in [0.05, 0.1) is 10.4 Å². The lowest BCUT2D eigenvalue weighted by Gasteiger charge is -1.96. The van der Waals surface area contributed by atoms with Crippen LogP contribution < -0.4 is 0 Å². The first-order valence-electron chi connectivity index (χ1n) is 5.41. The smallest absolute Gasteiger partial charge is 0.0832 e. The van der Waals surface area contributed by atoms with E-state index in [-0.39, 0.29) is 0 Å². The van der Waals surface area contributed by atoms with Crippen molar-refractivity contribution in [2.45, 2.75) is 0 Å². The molecule has 1 heterocycles. The van der Waals surface area contributed by atoms with Gasteiger partial charge in [0.2, 0.25) is 20.9 Å². The van der Waals surface area contributed by atoms with Crippen LogP contribution in [0, 0.1) is 0 Å². The standard InChI is InChI=1S/C15H10ClS/c16-13-10-15(11-6-2-1-3-7-11)17-14-9-5-4-8-12(13)14/h1-10H/q+1. The first kappa shape index (κ1) is 10.7. The lowest BCUT2D eigenvalue weighted by Crippen LogP contribution is -1.76. The summed E-state index contributed by atoms with van der Waals surface area (Å²) in [6.07, 6.45) is 0.